The summed E-state index contributed by atoms with van der Waals surface area (Å²) in [7, 11) is 0. The first-order valence-electron chi connectivity index (χ1n) is 9.89. The third kappa shape index (κ3) is 4.01. The molecule has 0 spiro atoms. The van der Waals surface area contributed by atoms with E-state index in [0.29, 0.717) is 42.4 Å². The quantitative estimate of drug-likeness (QED) is 0.535. The predicted molar refractivity (Wildman–Crippen MR) is 115 cm³/mol. The number of anilines is 2. The van der Waals surface area contributed by atoms with Crippen LogP contribution in [-0.4, -0.2) is 54.4 Å². The van der Waals surface area contributed by atoms with Crippen LogP contribution in [0, 0.1) is 10.1 Å². The highest BCUT2D eigenvalue weighted by molar-refractivity contribution is 7.17. The van der Waals surface area contributed by atoms with Crippen molar-refractivity contribution in [2.45, 2.75) is 19.3 Å². The number of thiophene rings is 1. The number of amides is 2. The number of benzene rings is 1. The van der Waals surface area contributed by atoms with E-state index in [1.54, 1.807) is 18.2 Å². The zero-order valence-corrected chi connectivity index (χ0v) is 17.2. The minimum Gasteiger partial charge on any atom is -0.365 e. The molecule has 2 heterocycles. The number of hydrogen-bond donors (Lipinski definition) is 2. The monoisotopic (exact) mass is 429 g/mol. The Kier molecular flexibility index (Phi) is 5.69. The molecule has 10 heteroatoms. The number of nitrogens with two attached hydrogens (primary N) is 1. The first kappa shape index (κ1) is 20.3. The van der Waals surface area contributed by atoms with E-state index in [0.717, 1.165) is 29.7 Å². The maximum absolute atomic E-state index is 12.6. The Hall–Kier alpha value is -2.98. The largest absolute Gasteiger partial charge is 0.365 e. The van der Waals surface area contributed by atoms with Crippen LogP contribution < -0.4 is 16.0 Å². The second-order valence-electron chi connectivity index (χ2n) is 7.48. The average Bonchev–Trinajstić information content (AvgIpc) is 3.29. The van der Waals surface area contributed by atoms with E-state index in [4.69, 9.17) is 5.73 Å². The van der Waals surface area contributed by atoms with E-state index in [1.165, 1.54) is 17.4 Å². The molecule has 0 bridgehead atoms. The summed E-state index contributed by atoms with van der Waals surface area (Å²) in [4.78, 5) is 40.5. The van der Waals surface area contributed by atoms with E-state index >= 15 is 0 Å². The fourth-order valence-corrected chi connectivity index (χ4v) is 5.47. The van der Waals surface area contributed by atoms with Gasteiger partial charge >= 0.3 is 0 Å². The van der Waals surface area contributed by atoms with Crippen LogP contribution in [0.15, 0.2) is 24.3 Å². The standard InChI is InChI=1S/C20H23N5O4S/c21-19(27)18-13-4-3-7-16(13)30-20(18)22-17(26)12-23-8-10-24(11-9-23)14-5-1-2-6-15(14)25(28)29/h1-2,5-6H,3-4,7-12H2,(H2,21,27)(H,22,26). The molecule has 2 aromatic rings. The lowest BCUT2D eigenvalue weighted by Gasteiger charge is -2.35. The molecule has 0 radical (unpaired) electrons. The van der Waals surface area contributed by atoms with Crippen LogP contribution >= 0.6 is 11.3 Å². The molecule has 3 N–H and O–H groups in total. The first-order valence-corrected chi connectivity index (χ1v) is 10.7. The number of aryl methyl sites for hydroxylation is 1. The van der Waals surface area contributed by atoms with Gasteiger partial charge in [0.1, 0.15) is 10.7 Å². The van der Waals surface area contributed by atoms with Gasteiger partial charge in [0, 0.05) is 37.1 Å². The Balaban J connectivity index is 1.36. The van der Waals surface area contributed by atoms with Crippen LogP contribution in [0.1, 0.15) is 27.2 Å². The molecule has 1 saturated heterocycles. The molecule has 0 atom stereocenters. The molecule has 1 aliphatic heterocycles. The summed E-state index contributed by atoms with van der Waals surface area (Å²) in [6.45, 7) is 2.62. The van der Waals surface area contributed by atoms with E-state index in [-0.39, 0.29) is 23.1 Å². The molecule has 1 aromatic carbocycles. The number of carbonyl (C=O) groups excluding carboxylic acids is 2. The Bertz CT molecular complexity index is 997. The summed E-state index contributed by atoms with van der Waals surface area (Å²) in [6.07, 6.45) is 2.76. The van der Waals surface area contributed by atoms with Crippen molar-refractivity contribution in [3.63, 3.8) is 0 Å². The number of rotatable bonds is 6. The number of carbonyl (C=O) groups is 2. The molecule has 1 fully saturated rings. The average molecular weight is 430 g/mol. The highest BCUT2D eigenvalue weighted by Crippen LogP contribution is 2.38. The maximum atomic E-state index is 12.6. The number of primary amides is 1. The molecule has 4 rings (SSSR count). The minimum absolute atomic E-state index is 0.0911. The molecule has 1 aromatic heterocycles. The lowest BCUT2D eigenvalue weighted by Crippen LogP contribution is -2.48. The number of para-hydroxylation sites is 2. The molecule has 2 aliphatic rings. The Morgan fingerprint density at radius 3 is 2.60 bits per heavy atom. The number of nitrogens with zero attached hydrogens (tertiary/aromatic N) is 3. The van der Waals surface area contributed by atoms with Gasteiger partial charge in [0.25, 0.3) is 11.6 Å². The van der Waals surface area contributed by atoms with Gasteiger partial charge in [0.05, 0.1) is 17.0 Å². The van der Waals surface area contributed by atoms with E-state index in [9.17, 15) is 19.7 Å². The summed E-state index contributed by atoms with van der Waals surface area (Å²) in [5, 5.41) is 14.7. The third-order valence-electron chi connectivity index (χ3n) is 5.58. The minimum atomic E-state index is -0.497. The Labute approximate surface area is 177 Å². The van der Waals surface area contributed by atoms with Crippen LogP contribution in [-0.2, 0) is 17.6 Å². The number of hydrogen-bond acceptors (Lipinski definition) is 7. The van der Waals surface area contributed by atoms with Crippen molar-refractivity contribution in [2.75, 3.05) is 42.9 Å². The highest BCUT2D eigenvalue weighted by atomic mass is 32.1. The van der Waals surface area contributed by atoms with Crippen LogP contribution in [0.5, 0.6) is 0 Å². The number of nitrogens with one attached hydrogen (secondary N) is 1. The lowest BCUT2D eigenvalue weighted by atomic mass is 10.1. The maximum Gasteiger partial charge on any atom is 0.292 e. The van der Waals surface area contributed by atoms with Crippen molar-refractivity contribution in [1.29, 1.82) is 0 Å². The third-order valence-corrected chi connectivity index (χ3v) is 6.79. The summed E-state index contributed by atoms with van der Waals surface area (Å²) < 4.78 is 0. The zero-order valence-electron chi connectivity index (χ0n) is 16.4. The van der Waals surface area contributed by atoms with Gasteiger partial charge in [-0.05, 0) is 30.9 Å². The van der Waals surface area contributed by atoms with Crippen LogP contribution in [0.2, 0.25) is 0 Å². The molecule has 2 amide bonds. The molecule has 0 unspecified atom stereocenters. The van der Waals surface area contributed by atoms with Crippen molar-refractivity contribution < 1.29 is 14.5 Å². The molecular formula is C20H23N5O4S. The highest BCUT2D eigenvalue weighted by Gasteiger charge is 2.27. The fourth-order valence-electron chi connectivity index (χ4n) is 4.16. The van der Waals surface area contributed by atoms with E-state index in [1.807, 2.05) is 9.80 Å². The number of nitro benzene ring substituents is 1. The van der Waals surface area contributed by atoms with Gasteiger partial charge in [-0.2, -0.15) is 0 Å². The Morgan fingerprint density at radius 2 is 1.90 bits per heavy atom. The van der Waals surface area contributed by atoms with Crippen LogP contribution in [0.4, 0.5) is 16.4 Å². The number of nitro groups is 1. The number of piperazine rings is 1. The molecule has 9 nitrogen and oxygen atoms in total. The van der Waals surface area contributed by atoms with Crippen molar-refractivity contribution in [1.82, 2.24) is 4.90 Å². The van der Waals surface area contributed by atoms with Crippen molar-refractivity contribution in [2.24, 2.45) is 5.73 Å². The fraction of sp³-hybridized carbons (Fsp3) is 0.400. The van der Waals surface area contributed by atoms with Crippen LogP contribution in [0.25, 0.3) is 0 Å². The lowest BCUT2D eigenvalue weighted by molar-refractivity contribution is -0.384. The topological polar surface area (TPSA) is 122 Å². The van der Waals surface area contributed by atoms with Gasteiger partial charge in [0.15, 0.2) is 0 Å². The summed E-state index contributed by atoms with van der Waals surface area (Å²) in [5.41, 5.74) is 7.69. The summed E-state index contributed by atoms with van der Waals surface area (Å²) in [6, 6.07) is 6.70. The summed E-state index contributed by atoms with van der Waals surface area (Å²) in [5.74, 6) is -0.681. The van der Waals surface area contributed by atoms with Gasteiger partial charge in [0.2, 0.25) is 5.91 Å². The van der Waals surface area contributed by atoms with Crippen LogP contribution in [0.3, 0.4) is 0 Å². The molecule has 0 saturated carbocycles. The SMILES string of the molecule is NC(=O)c1c(NC(=O)CN2CCN(c3ccccc3[N+](=O)[O-])CC2)sc2c1CCC2. The van der Waals surface area contributed by atoms with Gasteiger partial charge in [-0.1, -0.05) is 12.1 Å². The van der Waals surface area contributed by atoms with E-state index < -0.39 is 5.91 Å². The molecule has 1 aliphatic carbocycles. The summed E-state index contributed by atoms with van der Waals surface area (Å²) >= 11 is 1.45. The van der Waals surface area contributed by atoms with Crippen molar-refractivity contribution >= 4 is 39.5 Å². The van der Waals surface area contributed by atoms with Crippen molar-refractivity contribution in [3.05, 3.63) is 50.4 Å². The second kappa shape index (κ2) is 8.41. The van der Waals surface area contributed by atoms with Crippen molar-refractivity contribution in [3.8, 4) is 0 Å². The van der Waals surface area contributed by atoms with Gasteiger partial charge in [-0.3, -0.25) is 24.6 Å². The molecule has 30 heavy (non-hydrogen) atoms. The van der Waals surface area contributed by atoms with Gasteiger partial charge in [-0.25, -0.2) is 0 Å². The first-order chi connectivity index (χ1) is 14.4. The number of fused-ring (bicyclic) bond motifs is 1. The van der Waals surface area contributed by atoms with E-state index in [2.05, 4.69) is 5.32 Å². The smallest absolute Gasteiger partial charge is 0.292 e. The van der Waals surface area contributed by atoms with Gasteiger partial charge < -0.3 is 16.0 Å². The zero-order chi connectivity index (χ0) is 21.3. The molecule has 158 valence electrons. The molecular weight excluding hydrogens is 406 g/mol. The van der Waals surface area contributed by atoms with Gasteiger partial charge in [-0.15, -0.1) is 11.3 Å². The Morgan fingerprint density at radius 1 is 1.17 bits per heavy atom. The second-order valence-corrected chi connectivity index (χ2v) is 8.59. The predicted octanol–water partition coefficient (Wildman–Crippen LogP) is 2.00. The normalized spacial score (nSPS) is 16.3.